The number of morpholine rings is 1. The summed E-state index contributed by atoms with van der Waals surface area (Å²) in [5.41, 5.74) is 2.60. The molecule has 0 radical (unpaired) electrons. The van der Waals surface area contributed by atoms with Gasteiger partial charge >= 0.3 is 0 Å². The van der Waals surface area contributed by atoms with E-state index in [1.54, 1.807) is 11.8 Å². The third-order valence-electron chi connectivity index (χ3n) is 6.68. The first-order valence-electron chi connectivity index (χ1n) is 10.8. The number of hydrogen-bond acceptors (Lipinski definition) is 8. The van der Waals surface area contributed by atoms with Gasteiger partial charge in [-0.15, -0.1) is 0 Å². The van der Waals surface area contributed by atoms with Crippen LogP contribution in [0, 0.1) is 0 Å². The van der Waals surface area contributed by atoms with Crippen LogP contribution in [-0.4, -0.2) is 66.4 Å². The second kappa shape index (κ2) is 7.62. The molecule has 1 aromatic carbocycles. The van der Waals surface area contributed by atoms with Crippen LogP contribution in [-0.2, 0) is 15.0 Å². The molecule has 2 saturated heterocycles. The monoisotopic (exact) mass is 442 g/mol. The van der Waals surface area contributed by atoms with Crippen LogP contribution in [0.15, 0.2) is 24.3 Å². The quantitative estimate of drug-likeness (QED) is 0.683. The molecule has 3 aliphatic heterocycles. The molecule has 3 atom stereocenters. The molecule has 0 spiro atoms. The Morgan fingerprint density at radius 1 is 1.29 bits per heavy atom. The van der Waals surface area contributed by atoms with Gasteiger partial charge in [0.05, 0.1) is 42.2 Å². The van der Waals surface area contributed by atoms with Crippen LogP contribution in [0.4, 0.5) is 5.82 Å². The van der Waals surface area contributed by atoms with Crippen LogP contribution in [0.1, 0.15) is 32.0 Å². The van der Waals surface area contributed by atoms with Crippen molar-refractivity contribution in [3.05, 3.63) is 35.5 Å². The van der Waals surface area contributed by atoms with E-state index >= 15 is 0 Å². The van der Waals surface area contributed by atoms with Crippen molar-refractivity contribution in [2.24, 2.45) is 0 Å². The van der Waals surface area contributed by atoms with E-state index in [-0.39, 0.29) is 29.0 Å². The highest BCUT2D eigenvalue weighted by molar-refractivity contribution is 7.99. The Bertz CT molecular complexity index is 995. The smallest absolute Gasteiger partial charge is 0.184 e. The van der Waals surface area contributed by atoms with Crippen molar-refractivity contribution in [3.8, 4) is 17.1 Å². The molecule has 4 heterocycles. The number of nitrogens with one attached hydrogen (secondary N) is 1. The van der Waals surface area contributed by atoms with Crippen molar-refractivity contribution in [2.45, 2.75) is 43.1 Å². The largest absolute Gasteiger partial charge is 0.486 e. The molecule has 0 aliphatic carbocycles. The molecule has 5 rings (SSSR count). The molecular formula is C23H30N4O3S. The SMILES string of the molecule is CSC(C)(C)c1nc(-c2cccc(C3(CO)CN3)c2)nc2c1OCC1COC[C@@H](C)N21. The van der Waals surface area contributed by atoms with Crippen molar-refractivity contribution < 1.29 is 14.6 Å². The third kappa shape index (κ3) is 3.50. The molecule has 166 valence electrons. The lowest BCUT2D eigenvalue weighted by molar-refractivity contribution is 0.0482. The number of anilines is 1. The average molecular weight is 443 g/mol. The normalized spacial score (nSPS) is 27.3. The fourth-order valence-corrected chi connectivity index (χ4v) is 4.77. The first-order valence-corrected chi connectivity index (χ1v) is 12.0. The zero-order valence-corrected chi connectivity index (χ0v) is 19.3. The Hall–Kier alpha value is -1.87. The Morgan fingerprint density at radius 2 is 2.10 bits per heavy atom. The second-order valence-corrected chi connectivity index (χ2v) is 10.6. The van der Waals surface area contributed by atoms with Crippen LogP contribution in [0.5, 0.6) is 5.75 Å². The number of aliphatic hydroxyl groups excluding tert-OH is 1. The van der Waals surface area contributed by atoms with Crippen molar-refractivity contribution in [1.29, 1.82) is 0 Å². The molecule has 8 heteroatoms. The first kappa shape index (κ1) is 21.0. The van der Waals surface area contributed by atoms with E-state index in [1.807, 2.05) is 18.2 Å². The number of aliphatic hydroxyl groups is 1. The summed E-state index contributed by atoms with van der Waals surface area (Å²) >= 11 is 1.75. The number of ether oxygens (including phenoxy) is 2. The van der Waals surface area contributed by atoms with Gasteiger partial charge in [-0.2, -0.15) is 11.8 Å². The molecule has 2 N–H and O–H groups in total. The summed E-state index contributed by atoms with van der Waals surface area (Å²) in [6, 6.07) is 8.57. The molecule has 7 nitrogen and oxygen atoms in total. The van der Waals surface area contributed by atoms with E-state index in [2.05, 4.69) is 43.3 Å². The zero-order chi connectivity index (χ0) is 21.8. The molecule has 31 heavy (non-hydrogen) atoms. The summed E-state index contributed by atoms with van der Waals surface area (Å²) in [6.07, 6.45) is 2.10. The van der Waals surface area contributed by atoms with Gasteiger partial charge in [0.15, 0.2) is 17.4 Å². The van der Waals surface area contributed by atoms with Crippen molar-refractivity contribution in [1.82, 2.24) is 15.3 Å². The van der Waals surface area contributed by atoms with Gasteiger partial charge in [-0.3, -0.25) is 0 Å². The van der Waals surface area contributed by atoms with Gasteiger partial charge in [0.1, 0.15) is 12.3 Å². The van der Waals surface area contributed by atoms with Crippen LogP contribution < -0.4 is 15.0 Å². The topological polar surface area (TPSA) is 89.7 Å². The Morgan fingerprint density at radius 3 is 2.81 bits per heavy atom. The van der Waals surface area contributed by atoms with Gasteiger partial charge in [0.2, 0.25) is 0 Å². The minimum absolute atomic E-state index is 0.0765. The number of thioether (sulfide) groups is 1. The number of aromatic nitrogens is 2. The Kier molecular flexibility index (Phi) is 5.16. The molecule has 3 aliphatic rings. The van der Waals surface area contributed by atoms with Crippen LogP contribution in [0.3, 0.4) is 0 Å². The predicted octanol–water partition coefficient (Wildman–Crippen LogP) is 2.52. The molecule has 2 unspecified atom stereocenters. The lowest BCUT2D eigenvalue weighted by Crippen LogP contribution is -2.56. The van der Waals surface area contributed by atoms with E-state index in [4.69, 9.17) is 19.4 Å². The molecule has 0 bridgehead atoms. The molecule has 1 aromatic heterocycles. The number of nitrogens with zero attached hydrogens (tertiary/aromatic N) is 3. The van der Waals surface area contributed by atoms with Gasteiger partial charge in [-0.05, 0) is 38.7 Å². The van der Waals surface area contributed by atoms with Crippen molar-refractivity contribution >= 4 is 17.6 Å². The standard InChI is InChI=1S/C23H30N4O3S/c1-14-9-29-10-17-11-30-18-19(22(2,3)31-4)25-20(26-21(18)27(14)17)15-6-5-7-16(8-15)23(13-28)12-24-23/h5-8,14,17,24,28H,9-13H2,1-4H3/t14-,17?,23?/m1/s1. The number of fused-ring (bicyclic) bond motifs is 3. The fourth-order valence-electron chi connectivity index (χ4n) is 4.43. The first-order chi connectivity index (χ1) is 14.9. The zero-order valence-electron chi connectivity index (χ0n) is 18.5. The fraction of sp³-hybridized carbons (Fsp3) is 0.565. The Labute approximate surface area is 187 Å². The lowest BCUT2D eigenvalue weighted by Gasteiger charge is -2.45. The number of hydrogen-bond donors (Lipinski definition) is 2. The van der Waals surface area contributed by atoms with Gasteiger partial charge < -0.3 is 24.8 Å². The predicted molar refractivity (Wildman–Crippen MR) is 123 cm³/mol. The van der Waals surface area contributed by atoms with Gasteiger partial charge in [-0.1, -0.05) is 18.2 Å². The molecule has 2 fully saturated rings. The summed E-state index contributed by atoms with van der Waals surface area (Å²) in [4.78, 5) is 12.4. The van der Waals surface area contributed by atoms with Crippen molar-refractivity contribution in [3.63, 3.8) is 0 Å². The van der Waals surface area contributed by atoms with Gasteiger partial charge in [-0.25, -0.2) is 9.97 Å². The number of benzene rings is 1. The van der Waals surface area contributed by atoms with E-state index in [0.29, 0.717) is 25.6 Å². The van der Waals surface area contributed by atoms with Crippen LogP contribution in [0.2, 0.25) is 0 Å². The van der Waals surface area contributed by atoms with E-state index in [1.165, 1.54) is 0 Å². The van der Waals surface area contributed by atoms with E-state index in [9.17, 15) is 5.11 Å². The maximum absolute atomic E-state index is 9.84. The molecule has 2 aromatic rings. The molecule has 0 amide bonds. The maximum Gasteiger partial charge on any atom is 0.184 e. The van der Waals surface area contributed by atoms with Gasteiger partial charge in [0, 0.05) is 12.1 Å². The van der Waals surface area contributed by atoms with Gasteiger partial charge in [0.25, 0.3) is 0 Å². The lowest BCUT2D eigenvalue weighted by atomic mass is 9.97. The maximum atomic E-state index is 9.84. The Balaban J connectivity index is 1.67. The van der Waals surface area contributed by atoms with E-state index < -0.39 is 0 Å². The van der Waals surface area contributed by atoms with E-state index in [0.717, 1.165) is 34.9 Å². The number of rotatable bonds is 5. The van der Waals surface area contributed by atoms with Crippen LogP contribution in [0.25, 0.3) is 11.4 Å². The van der Waals surface area contributed by atoms with Crippen LogP contribution >= 0.6 is 11.8 Å². The summed E-state index contributed by atoms with van der Waals surface area (Å²) in [5, 5.41) is 13.1. The molecule has 0 saturated carbocycles. The highest BCUT2D eigenvalue weighted by Crippen LogP contribution is 2.46. The minimum Gasteiger partial charge on any atom is -0.486 e. The summed E-state index contributed by atoms with van der Waals surface area (Å²) in [7, 11) is 0. The molecular weight excluding hydrogens is 412 g/mol. The summed E-state index contributed by atoms with van der Waals surface area (Å²) in [5.74, 6) is 2.34. The summed E-state index contributed by atoms with van der Waals surface area (Å²) in [6.45, 7) is 9.28. The minimum atomic E-state index is -0.335. The highest BCUT2D eigenvalue weighted by Gasteiger charge is 2.44. The highest BCUT2D eigenvalue weighted by atomic mass is 32.2. The average Bonchev–Trinajstić information content (AvgIpc) is 3.59. The van der Waals surface area contributed by atoms with Crippen molar-refractivity contribution in [2.75, 3.05) is 44.1 Å². The summed E-state index contributed by atoms with van der Waals surface area (Å²) < 4.78 is 11.8. The third-order valence-corrected chi connectivity index (χ3v) is 7.89. The second-order valence-electron chi connectivity index (χ2n) is 9.20.